The summed E-state index contributed by atoms with van der Waals surface area (Å²) in [4.78, 5) is 21.6. The Labute approximate surface area is 222 Å². The molecule has 0 atom stereocenters. The molecular formula is C27H24N6O6. The zero-order valence-corrected chi connectivity index (χ0v) is 21.2. The van der Waals surface area contributed by atoms with Gasteiger partial charge in [0.1, 0.15) is 34.5 Å². The topological polar surface area (TPSA) is 151 Å². The third-order valence-corrected chi connectivity index (χ3v) is 5.83. The van der Waals surface area contributed by atoms with E-state index in [0.717, 1.165) is 0 Å². The standard InChI is InChI=1S/C27H24N6O6/c1-4-5-12-21-29-25(34)23(27(35)33(21)24-19(36-2)10-8-11-20(24)37-3)26-31-30-22(38-26)15-16-14-18(32-39-16)17-9-6-7-13-28-17/h4,6-11,13-14,35H,1,5,12,15H2,2-3H3. The van der Waals surface area contributed by atoms with E-state index in [-0.39, 0.29) is 29.6 Å². The predicted octanol–water partition coefficient (Wildman–Crippen LogP) is 3.76. The van der Waals surface area contributed by atoms with Crippen LogP contribution in [-0.2, 0) is 12.8 Å². The molecule has 0 amide bonds. The highest BCUT2D eigenvalue weighted by atomic mass is 16.5. The second-order valence-corrected chi connectivity index (χ2v) is 8.28. The molecule has 0 aliphatic heterocycles. The fourth-order valence-corrected chi connectivity index (χ4v) is 4.03. The number of methoxy groups -OCH3 is 2. The van der Waals surface area contributed by atoms with Crippen LogP contribution in [0.3, 0.4) is 0 Å². The lowest BCUT2D eigenvalue weighted by Gasteiger charge is -2.20. The Balaban J connectivity index is 1.56. The Kier molecular flexibility index (Phi) is 7.17. The number of hydrogen-bond acceptors (Lipinski definition) is 11. The molecule has 0 saturated heterocycles. The Morgan fingerprint density at radius 2 is 1.87 bits per heavy atom. The van der Waals surface area contributed by atoms with Crippen LogP contribution >= 0.6 is 0 Å². The van der Waals surface area contributed by atoms with Gasteiger partial charge in [0.05, 0.1) is 26.3 Å². The van der Waals surface area contributed by atoms with Crippen molar-refractivity contribution in [1.82, 2.24) is 29.9 Å². The number of pyridine rings is 1. The molecule has 0 aliphatic carbocycles. The van der Waals surface area contributed by atoms with Gasteiger partial charge in [0.25, 0.3) is 11.4 Å². The normalized spacial score (nSPS) is 10.9. The number of aryl methyl sites for hydroxylation is 1. The van der Waals surface area contributed by atoms with Gasteiger partial charge in [-0.05, 0) is 30.7 Å². The lowest BCUT2D eigenvalue weighted by Crippen LogP contribution is -2.20. The van der Waals surface area contributed by atoms with E-state index < -0.39 is 11.4 Å². The van der Waals surface area contributed by atoms with Gasteiger partial charge in [0.2, 0.25) is 11.8 Å². The number of nitrogens with zero attached hydrogens (tertiary/aromatic N) is 6. The lowest BCUT2D eigenvalue weighted by atomic mass is 10.2. The fourth-order valence-electron chi connectivity index (χ4n) is 4.03. The molecule has 1 N–H and O–H groups in total. The first-order valence-corrected chi connectivity index (χ1v) is 11.9. The van der Waals surface area contributed by atoms with Crippen molar-refractivity contribution in [2.24, 2.45) is 0 Å². The van der Waals surface area contributed by atoms with Crippen LogP contribution in [0, 0.1) is 0 Å². The number of allylic oxidation sites excluding steroid dienone is 1. The molecule has 0 bridgehead atoms. The van der Waals surface area contributed by atoms with Gasteiger partial charge in [-0.2, -0.15) is 4.98 Å². The average molecular weight is 529 g/mol. The van der Waals surface area contributed by atoms with Crippen molar-refractivity contribution < 1.29 is 23.5 Å². The summed E-state index contributed by atoms with van der Waals surface area (Å²) in [6.07, 6.45) is 4.27. The Morgan fingerprint density at radius 3 is 2.56 bits per heavy atom. The van der Waals surface area contributed by atoms with Crippen molar-refractivity contribution in [3.8, 4) is 45.9 Å². The minimum atomic E-state index is -0.732. The van der Waals surface area contributed by atoms with E-state index in [1.807, 2.05) is 12.1 Å². The van der Waals surface area contributed by atoms with Gasteiger partial charge in [-0.15, -0.1) is 16.8 Å². The molecule has 0 unspecified atom stereocenters. The Hall–Kier alpha value is -5.26. The van der Waals surface area contributed by atoms with Crippen LogP contribution in [0.1, 0.15) is 23.9 Å². The highest BCUT2D eigenvalue weighted by Gasteiger charge is 2.27. The molecule has 12 nitrogen and oxygen atoms in total. The van der Waals surface area contributed by atoms with E-state index >= 15 is 0 Å². The molecule has 0 spiro atoms. The maximum absolute atomic E-state index is 13.1. The van der Waals surface area contributed by atoms with Crippen molar-refractivity contribution in [2.75, 3.05) is 14.2 Å². The molecule has 5 rings (SSSR count). The number of benzene rings is 1. The maximum atomic E-state index is 13.1. The van der Waals surface area contributed by atoms with Gasteiger partial charge < -0.3 is 23.5 Å². The fraction of sp³-hybridized carbons (Fsp3) is 0.185. The number of rotatable bonds is 10. The number of hydrogen-bond donors (Lipinski definition) is 1. The number of para-hydroxylation sites is 1. The minimum Gasteiger partial charge on any atom is -0.494 e. The lowest BCUT2D eigenvalue weighted by molar-refractivity contribution is 0.377. The third kappa shape index (κ3) is 4.99. The van der Waals surface area contributed by atoms with Gasteiger partial charge in [0.15, 0.2) is 5.56 Å². The summed E-state index contributed by atoms with van der Waals surface area (Å²) in [7, 11) is 2.98. The van der Waals surface area contributed by atoms with Gasteiger partial charge in [-0.25, -0.2) is 0 Å². The second-order valence-electron chi connectivity index (χ2n) is 8.28. The molecule has 4 aromatic heterocycles. The van der Waals surface area contributed by atoms with E-state index in [1.54, 1.807) is 42.6 Å². The monoisotopic (exact) mass is 528 g/mol. The van der Waals surface area contributed by atoms with E-state index in [2.05, 4.69) is 31.9 Å². The molecule has 198 valence electrons. The first kappa shape index (κ1) is 25.4. The van der Waals surface area contributed by atoms with E-state index in [4.69, 9.17) is 18.4 Å². The summed E-state index contributed by atoms with van der Waals surface area (Å²) < 4.78 is 23.6. The summed E-state index contributed by atoms with van der Waals surface area (Å²) in [6.45, 7) is 3.74. The number of ether oxygens (including phenoxy) is 2. The van der Waals surface area contributed by atoms with Gasteiger partial charge in [-0.3, -0.25) is 14.3 Å². The molecule has 4 heterocycles. The zero-order chi connectivity index (χ0) is 27.4. The number of aromatic nitrogens is 6. The van der Waals surface area contributed by atoms with Crippen molar-refractivity contribution in [2.45, 2.75) is 19.3 Å². The summed E-state index contributed by atoms with van der Waals surface area (Å²) in [5.41, 5.74) is 0.561. The average Bonchev–Trinajstić information content (AvgIpc) is 3.62. The number of aromatic hydroxyl groups is 1. The molecular weight excluding hydrogens is 504 g/mol. The highest BCUT2D eigenvalue weighted by molar-refractivity contribution is 5.65. The molecule has 0 fully saturated rings. The van der Waals surface area contributed by atoms with Gasteiger partial charge in [-0.1, -0.05) is 23.4 Å². The van der Waals surface area contributed by atoms with Gasteiger partial charge >= 0.3 is 0 Å². The van der Waals surface area contributed by atoms with Crippen molar-refractivity contribution >= 4 is 0 Å². The van der Waals surface area contributed by atoms with Crippen LogP contribution in [0.4, 0.5) is 0 Å². The Bertz CT molecular complexity index is 1650. The van der Waals surface area contributed by atoms with Crippen LogP contribution in [0.25, 0.3) is 28.5 Å². The largest absolute Gasteiger partial charge is 0.494 e. The summed E-state index contributed by atoms with van der Waals surface area (Å²) in [5, 5.41) is 23.5. The molecule has 39 heavy (non-hydrogen) atoms. The molecule has 0 saturated carbocycles. The van der Waals surface area contributed by atoms with E-state index in [9.17, 15) is 9.90 Å². The highest BCUT2D eigenvalue weighted by Crippen LogP contribution is 2.38. The third-order valence-electron chi connectivity index (χ3n) is 5.83. The molecule has 1 aromatic carbocycles. The first-order chi connectivity index (χ1) is 19.0. The summed E-state index contributed by atoms with van der Waals surface area (Å²) in [5.74, 6) is 0.982. The Morgan fingerprint density at radius 1 is 1.08 bits per heavy atom. The maximum Gasteiger partial charge on any atom is 0.289 e. The van der Waals surface area contributed by atoms with Crippen molar-refractivity contribution in [3.05, 3.63) is 89.1 Å². The second kappa shape index (κ2) is 11.0. The quantitative estimate of drug-likeness (QED) is 0.264. The smallest absolute Gasteiger partial charge is 0.289 e. The molecule has 5 aromatic rings. The van der Waals surface area contributed by atoms with Gasteiger partial charge in [0, 0.05) is 18.7 Å². The van der Waals surface area contributed by atoms with Crippen molar-refractivity contribution in [3.63, 3.8) is 0 Å². The van der Waals surface area contributed by atoms with E-state index in [0.29, 0.717) is 47.2 Å². The molecule has 0 radical (unpaired) electrons. The summed E-state index contributed by atoms with van der Waals surface area (Å²) >= 11 is 0. The minimum absolute atomic E-state index is 0.104. The predicted molar refractivity (Wildman–Crippen MR) is 139 cm³/mol. The van der Waals surface area contributed by atoms with Crippen LogP contribution in [-0.4, -0.2) is 49.2 Å². The van der Waals surface area contributed by atoms with Crippen LogP contribution < -0.4 is 15.0 Å². The van der Waals surface area contributed by atoms with E-state index in [1.165, 1.54) is 18.8 Å². The SMILES string of the molecule is C=CCCc1nc(=O)c(-c2nnc(Cc3cc(-c4ccccn4)no3)o2)c(O)n1-c1c(OC)cccc1OC. The van der Waals surface area contributed by atoms with Crippen LogP contribution in [0.15, 0.2) is 75.1 Å². The summed E-state index contributed by atoms with van der Waals surface area (Å²) in [6, 6.07) is 12.3. The van der Waals surface area contributed by atoms with Crippen LogP contribution in [0.2, 0.25) is 0 Å². The van der Waals surface area contributed by atoms with Crippen molar-refractivity contribution in [1.29, 1.82) is 0 Å². The zero-order valence-electron chi connectivity index (χ0n) is 21.2. The molecule has 12 heteroatoms. The first-order valence-electron chi connectivity index (χ1n) is 11.9. The molecule has 0 aliphatic rings. The van der Waals surface area contributed by atoms with Crippen LogP contribution in [0.5, 0.6) is 17.4 Å².